The molecule has 0 aromatic carbocycles. The van der Waals surface area contributed by atoms with Crippen LogP contribution >= 0.6 is 24.4 Å². The maximum absolute atomic E-state index is 5.81. The van der Waals surface area contributed by atoms with Crippen LogP contribution in [0.1, 0.15) is 34.6 Å². The quantitative estimate of drug-likeness (QED) is 0.400. The predicted molar refractivity (Wildman–Crippen MR) is 76.1 cm³/mol. The highest BCUT2D eigenvalue weighted by Crippen LogP contribution is 2.29. The summed E-state index contributed by atoms with van der Waals surface area (Å²) < 4.78 is 17.7. The van der Waals surface area contributed by atoms with Crippen molar-refractivity contribution in [3.8, 4) is 0 Å². The summed E-state index contributed by atoms with van der Waals surface area (Å²) in [4.78, 5) is 0.208. The number of thiol groups is 1. The highest BCUT2D eigenvalue weighted by molar-refractivity contribution is 8.11. The molecule has 0 saturated heterocycles. The molecule has 0 saturated carbocycles. The Labute approximate surface area is 110 Å². The molecule has 0 radical (unpaired) electrons. The van der Waals surface area contributed by atoms with Crippen molar-refractivity contribution in [2.75, 3.05) is 19.8 Å². The van der Waals surface area contributed by atoms with E-state index < -0.39 is 8.80 Å². The lowest BCUT2D eigenvalue weighted by atomic mass is 10.9. The molecule has 0 aliphatic rings. The van der Waals surface area contributed by atoms with Crippen LogP contribution in [0.15, 0.2) is 0 Å². The standard InChI is InChI=1S/C10H24O3S2Si/c1-6-11-16(12-7-2,13-8-3)10(5)15-9(4)14/h9-10,14H,6-8H2,1-5H3. The first-order chi connectivity index (χ1) is 7.52. The van der Waals surface area contributed by atoms with Crippen LogP contribution in [0.25, 0.3) is 0 Å². The summed E-state index contributed by atoms with van der Waals surface area (Å²) in [6, 6.07) is 0. The van der Waals surface area contributed by atoms with E-state index in [1.54, 1.807) is 11.8 Å². The fourth-order valence-electron chi connectivity index (χ4n) is 1.46. The Balaban J connectivity index is 4.68. The first kappa shape index (κ1) is 16.8. The van der Waals surface area contributed by atoms with Crippen LogP contribution in [0.2, 0.25) is 0 Å². The fourth-order valence-corrected chi connectivity index (χ4v) is 6.99. The molecule has 2 atom stereocenters. The van der Waals surface area contributed by atoms with E-state index in [0.29, 0.717) is 19.8 Å². The molecular formula is C10H24O3S2Si. The molecule has 0 bridgehead atoms. The monoisotopic (exact) mass is 284 g/mol. The van der Waals surface area contributed by atoms with E-state index in [1.165, 1.54) is 0 Å². The minimum atomic E-state index is -2.55. The third kappa shape index (κ3) is 5.42. The smallest absolute Gasteiger partial charge is 0.373 e. The van der Waals surface area contributed by atoms with Gasteiger partial charge in [-0.2, -0.15) is 12.6 Å². The molecule has 0 aromatic heterocycles. The Morgan fingerprint density at radius 3 is 1.62 bits per heavy atom. The SMILES string of the molecule is CCO[Si](OCC)(OCC)C(C)SC(C)S. The second-order valence-electron chi connectivity index (χ2n) is 3.28. The minimum Gasteiger partial charge on any atom is -0.373 e. The van der Waals surface area contributed by atoms with Gasteiger partial charge in [-0.05, 0) is 34.6 Å². The van der Waals surface area contributed by atoms with E-state index in [4.69, 9.17) is 13.3 Å². The van der Waals surface area contributed by atoms with Gasteiger partial charge < -0.3 is 13.3 Å². The summed E-state index contributed by atoms with van der Waals surface area (Å²) in [5.74, 6) is 0. The highest BCUT2D eigenvalue weighted by atomic mass is 32.2. The first-order valence-electron chi connectivity index (χ1n) is 5.77. The van der Waals surface area contributed by atoms with Crippen LogP contribution in [0, 0.1) is 0 Å². The van der Waals surface area contributed by atoms with Gasteiger partial charge >= 0.3 is 8.80 Å². The lowest BCUT2D eigenvalue weighted by molar-refractivity contribution is 0.0707. The Bertz CT molecular complexity index is 164. The maximum atomic E-state index is 5.81. The zero-order valence-electron chi connectivity index (χ0n) is 10.9. The van der Waals surface area contributed by atoms with Crippen LogP contribution in [0.3, 0.4) is 0 Å². The van der Waals surface area contributed by atoms with Gasteiger partial charge in [-0.1, -0.05) is 0 Å². The fraction of sp³-hybridized carbons (Fsp3) is 1.00. The van der Waals surface area contributed by atoms with Gasteiger partial charge in [0.1, 0.15) is 0 Å². The number of thioether (sulfide) groups is 1. The summed E-state index contributed by atoms with van der Waals surface area (Å²) in [6.45, 7) is 11.9. The normalized spacial score (nSPS) is 16.1. The maximum Gasteiger partial charge on any atom is 0.514 e. The Kier molecular flexibility index (Phi) is 9.26. The summed E-state index contributed by atoms with van der Waals surface area (Å²) >= 11 is 6.12. The molecular weight excluding hydrogens is 260 g/mol. The third-order valence-corrected chi connectivity index (χ3v) is 7.45. The van der Waals surface area contributed by atoms with Crippen molar-refractivity contribution in [2.24, 2.45) is 0 Å². The largest absolute Gasteiger partial charge is 0.514 e. The molecule has 16 heavy (non-hydrogen) atoms. The van der Waals surface area contributed by atoms with E-state index in [2.05, 4.69) is 19.6 Å². The second-order valence-corrected chi connectivity index (χ2v) is 9.45. The Morgan fingerprint density at radius 2 is 1.38 bits per heavy atom. The topological polar surface area (TPSA) is 27.7 Å². The number of hydrogen-bond acceptors (Lipinski definition) is 5. The molecule has 0 aliphatic heterocycles. The average molecular weight is 285 g/mol. The van der Waals surface area contributed by atoms with Crippen molar-refractivity contribution in [1.82, 2.24) is 0 Å². The minimum absolute atomic E-state index is 0.208. The summed E-state index contributed by atoms with van der Waals surface area (Å²) in [5, 5.41) is 0. The van der Waals surface area contributed by atoms with Crippen LogP contribution in [0.4, 0.5) is 0 Å². The molecule has 0 amide bonds. The molecule has 98 valence electrons. The molecule has 3 nitrogen and oxygen atoms in total. The molecule has 0 aliphatic carbocycles. The van der Waals surface area contributed by atoms with E-state index in [-0.39, 0.29) is 9.46 Å². The van der Waals surface area contributed by atoms with Crippen molar-refractivity contribution in [3.05, 3.63) is 0 Å². The van der Waals surface area contributed by atoms with Crippen molar-refractivity contribution in [3.63, 3.8) is 0 Å². The van der Waals surface area contributed by atoms with E-state index >= 15 is 0 Å². The Hall–Kier alpha value is 0.797. The van der Waals surface area contributed by atoms with Crippen LogP contribution in [-0.4, -0.2) is 38.1 Å². The van der Waals surface area contributed by atoms with E-state index in [1.807, 2.05) is 27.7 Å². The molecule has 0 aromatic rings. The molecule has 2 unspecified atom stereocenters. The van der Waals surface area contributed by atoms with E-state index in [0.717, 1.165) is 0 Å². The van der Waals surface area contributed by atoms with Gasteiger partial charge in [-0.25, -0.2) is 0 Å². The summed E-state index contributed by atoms with van der Waals surface area (Å²) in [6.07, 6.45) is 0. The predicted octanol–water partition coefficient (Wildman–Crippen LogP) is 2.97. The molecule has 0 N–H and O–H groups in total. The van der Waals surface area contributed by atoms with Crippen LogP contribution in [0.5, 0.6) is 0 Å². The highest BCUT2D eigenvalue weighted by Gasteiger charge is 2.47. The van der Waals surface area contributed by atoms with Gasteiger partial charge in [0.05, 0.1) is 4.87 Å². The molecule has 6 heteroatoms. The molecule has 0 heterocycles. The molecule has 0 spiro atoms. The van der Waals surface area contributed by atoms with Gasteiger partial charge in [0.25, 0.3) is 0 Å². The lowest BCUT2D eigenvalue weighted by Gasteiger charge is -2.33. The van der Waals surface area contributed by atoms with Gasteiger partial charge in [0.15, 0.2) is 0 Å². The first-order valence-corrected chi connectivity index (χ1v) is 9.03. The average Bonchev–Trinajstić information content (AvgIpc) is 2.17. The molecule has 0 fully saturated rings. The molecule has 0 rings (SSSR count). The third-order valence-electron chi connectivity index (χ3n) is 1.94. The van der Waals surface area contributed by atoms with Crippen LogP contribution in [-0.2, 0) is 13.3 Å². The van der Waals surface area contributed by atoms with Gasteiger partial charge in [0.2, 0.25) is 0 Å². The van der Waals surface area contributed by atoms with Crippen molar-refractivity contribution >= 4 is 33.2 Å². The van der Waals surface area contributed by atoms with Crippen molar-refractivity contribution < 1.29 is 13.3 Å². The number of rotatable bonds is 9. The van der Waals surface area contributed by atoms with Crippen molar-refractivity contribution in [2.45, 2.75) is 44.1 Å². The van der Waals surface area contributed by atoms with Gasteiger partial charge in [-0.3, -0.25) is 0 Å². The summed E-state index contributed by atoms with van der Waals surface area (Å²) in [7, 11) is -2.55. The summed E-state index contributed by atoms with van der Waals surface area (Å²) in [5.41, 5.74) is 0. The zero-order chi connectivity index (χ0) is 12.6. The Morgan fingerprint density at radius 1 is 1.00 bits per heavy atom. The zero-order valence-corrected chi connectivity index (χ0v) is 13.6. The van der Waals surface area contributed by atoms with Gasteiger partial charge in [-0.15, -0.1) is 11.8 Å². The van der Waals surface area contributed by atoms with Gasteiger partial charge in [0, 0.05) is 24.4 Å². The van der Waals surface area contributed by atoms with Crippen LogP contribution < -0.4 is 0 Å². The van der Waals surface area contributed by atoms with Crippen molar-refractivity contribution in [1.29, 1.82) is 0 Å². The second kappa shape index (κ2) is 8.83. The van der Waals surface area contributed by atoms with E-state index in [9.17, 15) is 0 Å². The lowest BCUT2D eigenvalue weighted by Crippen LogP contribution is -2.54. The number of hydrogen-bond donors (Lipinski definition) is 1.